The molecule has 0 aliphatic carbocycles. The summed E-state index contributed by atoms with van der Waals surface area (Å²) in [6, 6.07) is 9.65. The zero-order valence-electron chi connectivity index (χ0n) is 18.1. The number of phenolic OH excluding ortho intramolecular Hbond substituents is 2. The van der Waals surface area contributed by atoms with Crippen molar-refractivity contribution in [3.8, 4) is 11.5 Å². The highest BCUT2D eigenvalue weighted by Gasteiger charge is 2.13. The topological polar surface area (TPSA) is 46.9 Å². The van der Waals surface area contributed by atoms with Gasteiger partial charge in [0, 0.05) is 24.2 Å². The maximum Gasteiger partial charge on any atom is 0.120 e. The Morgan fingerprint density at radius 3 is 2.07 bits per heavy atom. The first-order valence-electron chi connectivity index (χ1n) is 9.92. The third-order valence-electron chi connectivity index (χ3n) is 4.92. The van der Waals surface area contributed by atoms with Gasteiger partial charge in [-0.3, -0.25) is 0 Å². The van der Waals surface area contributed by atoms with Gasteiger partial charge in [-0.15, -0.1) is 0 Å². The van der Waals surface area contributed by atoms with Gasteiger partial charge in [0.25, 0.3) is 0 Å². The van der Waals surface area contributed by atoms with Crippen LogP contribution in [0.25, 0.3) is 11.6 Å². The molecule has 0 aliphatic rings. The van der Waals surface area contributed by atoms with Gasteiger partial charge in [-0.2, -0.15) is 0 Å². The SMILES string of the molecule is CCC(=Cc1ccc(O)c(CN(C)C)c1CC)c1ccc(O)c(CN(C)C)c1. The number of aromatic hydroxyl groups is 2. The highest BCUT2D eigenvalue weighted by Crippen LogP contribution is 2.31. The quantitative estimate of drug-likeness (QED) is 0.648. The van der Waals surface area contributed by atoms with Crippen molar-refractivity contribution in [2.45, 2.75) is 39.8 Å². The van der Waals surface area contributed by atoms with Crippen LogP contribution in [-0.2, 0) is 19.5 Å². The predicted molar refractivity (Wildman–Crippen MR) is 119 cm³/mol. The summed E-state index contributed by atoms with van der Waals surface area (Å²) in [6.07, 6.45) is 3.98. The van der Waals surface area contributed by atoms with Gasteiger partial charge in [-0.1, -0.05) is 32.1 Å². The molecule has 0 saturated carbocycles. The van der Waals surface area contributed by atoms with E-state index in [1.165, 1.54) is 11.1 Å². The lowest BCUT2D eigenvalue weighted by Crippen LogP contribution is -2.13. The van der Waals surface area contributed by atoms with Gasteiger partial charge in [0.1, 0.15) is 11.5 Å². The van der Waals surface area contributed by atoms with E-state index in [2.05, 4.69) is 35.8 Å². The van der Waals surface area contributed by atoms with Crippen LogP contribution in [0.4, 0.5) is 0 Å². The van der Waals surface area contributed by atoms with E-state index < -0.39 is 0 Å². The van der Waals surface area contributed by atoms with Crippen LogP contribution < -0.4 is 0 Å². The molecule has 0 aliphatic heterocycles. The predicted octanol–water partition coefficient (Wildman–Crippen LogP) is 4.73. The number of phenols is 2. The van der Waals surface area contributed by atoms with Crippen molar-refractivity contribution in [1.29, 1.82) is 0 Å². The first-order valence-corrected chi connectivity index (χ1v) is 9.92. The van der Waals surface area contributed by atoms with Crippen LogP contribution >= 0.6 is 0 Å². The number of rotatable bonds is 8. The minimum absolute atomic E-state index is 0.333. The van der Waals surface area contributed by atoms with Gasteiger partial charge in [0.15, 0.2) is 0 Å². The molecule has 0 fully saturated rings. The molecule has 0 radical (unpaired) electrons. The zero-order chi connectivity index (χ0) is 20.8. The Labute approximate surface area is 169 Å². The second-order valence-corrected chi connectivity index (χ2v) is 7.83. The normalized spacial score (nSPS) is 12.2. The van der Waals surface area contributed by atoms with Crippen LogP contribution in [0.5, 0.6) is 11.5 Å². The van der Waals surface area contributed by atoms with Crippen LogP contribution in [0.2, 0.25) is 0 Å². The monoisotopic (exact) mass is 382 g/mol. The minimum Gasteiger partial charge on any atom is -0.508 e. The Bertz CT molecular complexity index is 839. The van der Waals surface area contributed by atoms with Crippen molar-refractivity contribution in [1.82, 2.24) is 9.80 Å². The molecule has 2 aromatic rings. The maximum atomic E-state index is 10.4. The highest BCUT2D eigenvalue weighted by molar-refractivity contribution is 5.83. The smallest absolute Gasteiger partial charge is 0.120 e. The first-order chi connectivity index (χ1) is 13.3. The van der Waals surface area contributed by atoms with E-state index in [0.29, 0.717) is 24.6 Å². The van der Waals surface area contributed by atoms with E-state index in [9.17, 15) is 10.2 Å². The first kappa shape index (κ1) is 22.0. The fraction of sp³-hybridized carbons (Fsp3) is 0.417. The van der Waals surface area contributed by atoms with Crippen molar-refractivity contribution >= 4 is 11.6 Å². The van der Waals surface area contributed by atoms with E-state index in [-0.39, 0.29) is 0 Å². The Morgan fingerprint density at radius 1 is 0.857 bits per heavy atom. The van der Waals surface area contributed by atoms with Crippen molar-refractivity contribution in [2.24, 2.45) is 0 Å². The number of hydrogen-bond acceptors (Lipinski definition) is 4. The van der Waals surface area contributed by atoms with Crippen molar-refractivity contribution in [3.05, 3.63) is 58.1 Å². The van der Waals surface area contributed by atoms with Crippen molar-refractivity contribution in [2.75, 3.05) is 28.2 Å². The average Bonchev–Trinajstić information content (AvgIpc) is 2.63. The maximum absolute atomic E-state index is 10.4. The fourth-order valence-corrected chi connectivity index (χ4v) is 3.57. The van der Waals surface area contributed by atoms with Crippen LogP contribution in [0.1, 0.15) is 48.1 Å². The summed E-state index contributed by atoms with van der Waals surface area (Å²) in [4.78, 5) is 4.13. The van der Waals surface area contributed by atoms with E-state index in [1.807, 2.05) is 40.3 Å². The minimum atomic E-state index is 0.333. The summed E-state index contributed by atoms with van der Waals surface area (Å²) in [5.41, 5.74) is 6.60. The fourth-order valence-electron chi connectivity index (χ4n) is 3.57. The molecule has 4 nitrogen and oxygen atoms in total. The van der Waals surface area contributed by atoms with Gasteiger partial charge in [-0.05, 0) is 81.5 Å². The lowest BCUT2D eigenvalue weighted by atomic mass is 9.93. The zero-order valence-corrected chi connectivity index (χ0v) is 18.1. The molecule has 0 atom stereocenters. The number of nitrogens with zero attached hydrogens (tertiary/aromatic N) is 2. The molecule has 2 aromatic carbocycles. The van der Waals surface area contributed by atoms with Crippen molar-refractivity contribution in [3.63, 3.8) is 0 Å². The molecule has 0 saturated heterocycles. The van der Waals surface area contributed by atoms with Gasteiger partial charge in [0.2, 0.25) is 0 Å². The van der Waals surface area contributed by atoms with Crippen LogP contribution in [0, 0.1) is 0 Å². The highest BCUT2D eigenvalue weighted by atomic mass is 16.3. The summed E-state index contributed by atoms with van der Waals surface area (Å²) in [7, 11) is 8.03. The molecule has 28 heavy (non-hydrogen) atoms. The lowest BCUT2D eigenvalue weighted by molar-refractivity contribution is 0.384. The molecule has 0 spiro atoms. The number of allylic oxidation sites excluding steroid dienone is 1. The van der Waals surface area contributed by atoms with Crippen molar-refractivity contribution < 1.29 is 10.2 Å². The Kier molecular flexibility index (Phi) is 7.67. The summed E-state index contributed by atoms with van der Waals surface area (Å²) in [6.45, 7) is 5.69. The molecule has 2 rings (SSSR count). The summed E-state index contributed by atoms with van der Waals surface area (Å²) < 4.78 is 0. The molecule has 152 valence electrons. The second kappa shape index (κ2) is 9.76. The molecule has 0 heterocycles. The van der Waals surface area contributed by atoms with Gasteiger partial charge >= 0.3 is 0 Å². The largest absolute Gasteiger partial charge is 0.508 e. The Hall–Kier alpha value is -2.30. The van der Waals surface area contributed by atoms with Gasteiger partial charge in [-0.25, -0.2) is 0 Å². The molecular formula is C24H34N2O2. The third-order valence-corrected chi connectivity index (χ3v) is 4.92. The van der Waals surface area contributed by atoms with Gasteiger partial charge < -0.3 is 20.0 Å². The summed E-state index contributed by atoms with van der Waals surface area (Å²) in [5, 5.41) is 20.6. The van der Waals surface area contributed by atoms with E-state index >= 15 is 0 Å². The summed E-state index contributed by atoms with van der Waals surface area (Å²) in [5.74, 6) is 0.693. The number of benzene rings is 2. The van der Waals surface area contributed by atoms with E-state index in [0.717, 1.165) is 35.1 Å². The number of hydrogen-bond donors (Lipinski definition) is 2. The van der Waals surface area contributed by atoms with E-state index in [1.54, 1.807) is 12.1 Å². The van der Waals surface area contributed by atoms with Gasteiger partial charge in [0.05, 0.1) is 0 Å². The molecule has 2 N–H and O–H groups in total. The van der Waals surface area contributed by atoms with E-state index in [4.69, 9.17) is 0 Å². The third kappa shape index (κ3) is 5.37. The Balaban J connectivity index is 2.53. The van der Waals surface area contributed by atoms with Crippen LogP contribution in [0.3, 0.4) is 0 Å². The summed E-state index contributed by atoms with van der Waals surface area (Å²) >= 11 is 0. The van der Waals surface area contributed by atoms with Crippen LogP contribution in [0.15, 0.2) is 30.3 Å². The molecule has 0 aromatic heterocycles. The molecule has 0 unspecified atom stereocenters. The standard InChI is InChI=1S/C24H34N2O2/c1-7-17(18-9-11-23(27)20(14-18)15-25(3)4)13-19-10-12-24(28)22(16-26(5)6)21(19)8-2/h9-14,27-28H,7-8,15-16H2,1-6H3. The Morgan fingerprint density at radius 2 is 1.50 bits per heavy atom. The molecule has 0 bridgehead atoms. The second-order valence-electron chi connectivity index (χ2n) is 7.83. The lowest BCUT2D eigenvalue weighted by Gasteiger charge is -2.18. The average molecular weight is 383 g/mol. The molecule has 0 amide bonds. The molecular weight excluding hydrogens is 348 g/mol. The molecule has 4 heteroatoms. The van der Waals surface area contributed by atoms with Crippen LogP contribution in [-0.4, -0.2) is 48.2 Å².